The lowest BCUT2D eigenvalue weighted by molar-refractivity contribution is 0.584. The van der Waals surface area contributed by atoms with Gasteiger partial charge < -0.3 is 0 Å². The normalized spacial score (nSPS) is 11.9. The molecule has 0 amide bonds. The average Bonchev–Trinajstić information content (AvgIpc) is 2.75. The van der Waals surface area contributed by atoms with Crippen LogP contribution in [0.3, 0.4) is 0 Å². The largest absolute Gasteiger partial charge is 0.276 e. The minimum absolute atomic E-state index is 0.206. The zero-order valence-electron chi connectivity index (χ0n) is 10.6. The Hall–Kier alpha value is -1.66. The van der Waals surface area contributed by atoms with Crippen LogP contribution in [0.4, 0.5) is 0 Å². The van der Waals surface area contributed by atoms with Crippen molar-refractivity contribution in [2.24, 2.45) is 5.10 Å². The Labute approximate surface area is 116 Å². The van der Waals surface area contributed by atoms with E-state index < -0.39 is 10.0 Å². The fraction of sp³-hybridized carbons (Fsp3) is 0.154. The summed E-state index contributed by atoms with van der Waals surface area (Å²) in [5.74, 6) is 0. The van der Waals surface area contributed by atoms with Crippen LogP contribution in [0.5, 0.6) is 0 Å². The first-order valence-electron chi connectivity index (χ1n) is 5.65. The Bertz CT molecular complexity index is 686. The molecule has 0 radical (unpaired) electrons. The van der Waals surface area contributed by atoms with E-state index in [2.05, 4.69) is 9.93 Å². The van der Waals surface area contributed by atoms with Crippen molar-refractivity contribution in [3.05, 3.63) is 51.7 Å². The van der Waals surface area contributed by atoms with Gasteiger partial charge in [0.05, 0.1) is 11.1 Å². The highest BCUT2D eigenvalue weighted by Gasteiger charge is 2.11. The van der Waals surface area contributed by atoms with Gasteiger partial charge in [-0.15, -0.1) is 11.3 Å². The predicted octanol–water partition coefficient (Wildman–Crippen LogP) is 2.68. The fourth-order valence-corrected chi connectivity index (χ4v) is 2.99. The molecule has 100 valence electrons. The second-order valence-corrected chi connectivity index (χ2v) is 7.09. The lowest BCUT2D eigenvalue weighted by atomic mass is 10.2. The Balaban J connectivity index is 2.09. The Kier molecular flexibility index (Phi) is 4.01. The third-order valence-corrected chi connectivity index (χ3v) is 4.63. The van der Waals surface area contributed by atoms with Gasteiger partial charge in [-0.05, 0) is 38.1 Å². The van der Waals surface area contributed by atoms with E-state index >= 15 is 0 Å². The highest BCUT2D eigenvalue weighted by molar-refractivity contribution is 7.89. The van der Waals surface area contributed by atoms with Crippen LogP contribution in [0.2, 0.25) is 0 Å². The van der Waals surface area contributed by atoms with Crippen LogP contribution >= 0.6 is 11.3 Å². The number of aryl methyl sites for hydroxylation is 2. The first-order valence-corrected chi connectivity index (χ1v) is 7.95. The van der Waals surface area contributed by atoms with Gasteiger partial charge in [-0.3, -0.25) is 0 Å². The van der Waals surface area contributed by atoms with Crippen molar-refractivity contribution in [2.75, 3.05) is 0 Å². The molecule has 0 saturated carbocycles. The summed E-state index contributed by atoms with van der Waals surface area (Å²) in [7, 11) is -3.58. The summed E-state index contributed by atoms with van der Waals surface area (Å²) in [5, 5.41) is 3.77. The molecule has 0 bridgehead atoms. The van der Waals surface area contributed by atoms with Crippen molar-refractivity contribution in [3.8, 4) is 0 Å². The number of hydrogen-bond donors (Lipinski definition) is 1. The minimum Gasteiger partial charge on any atom is -0.200 e. The van der Waals surface area contributed by atoms with Crippen LogP contribution in [0, 0.1) is 13.8 Å². The molecule has 0 saturated heterocycles. The van der Waals surface area contributed by atoms with Gasteiger partial charge in [0.1, 0.15) is 0 Å². The van der Waals surface area contributed by atoms with Crippen molar-refractivity contribution < 1.29 is 8.42 Å². The summed E-state index contributed by atoms with van der Waals surface area (Å²) in [6.45, 7) is 3.89. The number of hydrazone groups is 1. The molecule has 0 aliphatic heterocycles. The topological polar surface area (TPSA) is 58.5 Å². The predicted molar refractivity (Wildman–Crippen MR) is 78.2 cm³/mol. The zero-order chi connectivity index (χ0) is 13.9. The molecule has 2 aromatic rings. The maximum absolute atomic E-state index is 11.9. The SMILES string of the molecule is Cc1ccc(S(=O)(=O)NN=Cc2ccc(C)s2)cc1. The fourth-order valence-electron chi connectivity index (χ4n) is 1.45. The third-order valence-electron chi connectivity index (χ3n) is 2.46. The molecule has 0 fully saturated rings. The molecule has 0 spiro atoms. The van der Waals surface area contributed by atoms with E-state index in [1.165, 1.54) is 6.21 Å². The van der Waals surface area contributed by atoms with E-state index in [9.17, 15) is 8.42 Å². The first kappa shape index (κ1) is 13.8. The number of benzene rings is 1. The van der Waals surface area contributed by atoms with E-state index in [1.54, 1.807) is 35.6 Å². The summed E-state index contributed by atoms with van der Waals surface area (Å²) in [5.41, 5.74) is 1.01. The molecule has 0 atom stereocenters. The maximum Gasteiger partial charge on any atom is 0.276 e. The Morgan fingerprint density at radius 2 is 1.79 bits per heavy atom. The van der Waals surface area contributed by atoms with Crippen LogP contribution in [0.15, 0.2) is 46.4 Å². The van der Waals surface area contributed by atoms with E-state index in [0.717, 1.165) is 15.3 Å². The quantitative estimate of drug-likeness (QED) is 0.696. The molecule has 0 aliphatic rings. The van der Waals surface area contributed by atoms with Crippen molar-refractivity contribution in [1.82, 2.24) is 4.83 Å². The lowest BCUT2D eigenvalue weighted by Crippen LogP contribution is -2.18. The molecule has 4 nitrogen and oxygen atoms in total. The Morgan fingerprint density at radius 1 is 1.11 bits per heavy atom. The van der Waals surface area contributed by atoms with Crippen molar-refractivity contribution >= 4 is 27.6 Å². The molecule has 0 aliphatic carbocycles. The van der Waals surface area contributed by atoms with E-state index in [4.69, 9.17) is 0 Å². The molecule has 19 heavy (non-hydrogen) atoms. The van der Waals surface area contributed by atoms with Crippen molar-refractivity contribution in [3.63, 3.8) is 0 Å². The molecule has 1 heterocycles. The molecule has 1 aromatic carbocycles. The molecule has 2 rings (SSSR count). The lowest BCUT2D eigenvalue weighted by Gasteiger charge is -2.02. The summed E-state index contributed by atoms with van der Waals surface area (Å²) in [4.78, 5) is 4.47. The van der Waals surface area contributed by atoms with Gasteiger partial charge in [0, 0.05) is 9.75 Å². The molecule has 1 aromatic heterocycles. The van der Waals surface area contributed by atoms with Gasteiger partial charge in [-0.1, -0.05) is 17.7 Å². The summed E-state index contributed by atoms with van der Waals surface area (Å²) < 4.78 is 23.8. The van der Waals surface area contributed by atoms with Crippen LogP contribution in [-0.2, 0) is 10.0 Å². The second-order valence-electron chi connectivity index (χ2n) is 4.11. The van der Waals surface area contributed by atoms with Crippen molar-refractivity contribution in [2.45, 2.75) is 18.7 Å². The third kappa shape index (κ3) is 3.65. The van der Waals surface area contributed by atoms with Gasteiger partial charge in [0.2, 0.25) is 0 Å². The molecular weight excluding hydrogens is 280 g/mol. The number of sulfonamides is 1. The van der Waals surface area contributed by atoms with Crippen LogP contribution < -0.4 is 4.83 Å². The Morgan fingerprint density at radius 3 is 2.37 bits per heavy atom. The smallest absolute Gasteiger partial charge is 0.200 e. The van der Waals surface area contributed by atoms with Crippen LogP contribution in [0.25, 0.3) is 0 Å². The number of nitrogens with zero attached hydrogens (tertiary/aromatic N) is 1. The highest BCUT2D eigenvalue weighted by Crippen LogP contribution is 2.13. The molecule has 6 heteroatoms. The number of nitrogens with one attached hydrogen (secondary N) is 1. The van der Waals surface area contributed by atoms with Crippen LogP contribution in [0.1, 0.15) is 15.3 Å². The standard InChI is InChI=1S/C13H14N2O2S2/c1-10-3-7-13(8-4-10)19(16,17)15-14-9-12-6-5-11(2)18-12/h3-9,15H,1-2H3. The van der Waals surface area contributed by atoms with Crippen molar-refractivity contribution in [1.29, 1.82) is 0 Å². The molecule has 1 N–H and O–H groups in total. The maximum atomic E-state index is 11.9. The molecule has 0 unspecified atom stereocenters. The van der Waals surface area contributed by atoms with Gasteiger partial charge in [0.15, 0.2) is 0 Å². The number of hydrogen-bond acceptors (Lipinski definition) is 4. The highest BCUT2D eigenvalue weighted by atomic mass is 32.2. The summed E-state index contributed by atoms with van der Waals surface area (Å²) in [6.07, 6.45) is 1.50. The van der Waals surface area contributed by atoms with Gasteiger partial charge >= 0.3 is 0 Å². The summed E-state index contributed by atoms with van der Waals surface area (Å²) in [6, 6.07) is 10.5. The first-order chi connectivity index (χ1) is 8.97. The molecular formula is C13H14N2O2S2. The van der Waals surface area contributed by atoms with E-state index in [0.29, 0.717) is 0 Å². The average molecular weight is 294 g/mol. The van der Waals surface area contributed by atoms with Gasteiger partial charge in [-0.2, -0.15) is 13.5 Å². The van der Waals surface area contributed by atoms with E-state index in [1.807, 2.05) is 26.0 Å². The summed E-state index contributed by atoms with van der Waals surface area (Å²) >= 11 is 1.55. The monoisotopic (exact) mass is 294 g/mol. The van der Waals surface area contributed by atoms with Crippen LogP contribution in [-0.4, -0.2) is 14.6 Å². The van der Waals surface area contributed by atoms with Gasteiger partial charge in [-0.25, -0.2) is 4.83 Å². The minimum atomic E-state index is -3.58. The number of rotatable bonds is 4. The van der Waals surface area contributed by atoms with Gasteiger partial charge in [0.25, 0.3) is 10.0 Å². The number of thiophene rings is 1. The van der Waals surface area contributed by atoms with E-state index in [-0.39, 0.29) is 4.90 Å². The second kappa shape index (κ2) is 5.54. The zero-order valence-corrected chi connectivity index (χ0v) is 12.3.